The average Bonchev–Trinajstić information content (AvgIpc) is 2.36. The van der Waals surface area contributed by atoms with Crippen LogP contribution in [0.4, 0.5) is 0 Å². The second-order valence-corrected chi connectivity index (χ2v) is 6.00. The van der Waals surface area contributed by atoms with Crippen molar-refractivity contribution in [3.63, 3.8) is 0 Å². The quantitative estimate of drug-likeness (QED) is 0.677. The second-order valence-electron chi connectivity index (χ2n) is 6.00. The fourth-order valence-electron chi connectivity index (χ4n) is 2.35. The largest absolute Gasteiger partial charge is 0.382 e. The molecular formula is C14H29NO3. The highest BCUT2D eigenvalue weighted by molar-refractivity contribution is 4.91. The molecule has 2 N–H and O–H groups in total. The van der Waals surface area contributed by atoms with Gasteiger partial charge in [0.2, 0.25) is 0 Å². The lowest BCUT2D eigenvalue weighted by molar-refractivity contribution is -0.0979. The van der Waals surface area contributed by atoms with E-state index in [4.69, 9.17) is 19.9 Å². The molecule has 18 heavy (non-hydrogen) atoms. The molecule has 1 fully saturated rings. The van der Waals surface area contributed by atoms with Crippen LogP contribution in [0.15, 0.2) is 0 Å². The van der Waals surface area contributed by atoms with Crippen molar-refractivity contribution in [3.05, 3.63) is 0 Å². The number of ether oxygens (including phenoxy) is 3. The fourth-order valence-corrected chi connectivity index (χ4v) is 2.35. The van der Waals surface area contributed by atoms with Gasteiger partial charge in [-0.2, -0.15) is 0 Å². The van der Waals surface area contributed by atoms with Crippen LogP contribution >= 0.6 is 0 Å². The molecule has 0 aromatic heterocycles. The molecule has 0 bridgehead atoms. The van der Waals surface area contributed by atoms with E-state index in [9.17, 15) is 0 Å². The molecule has 0 aliphatic heterocycles. The molecule has 0 atom stereocenters. The minimum absolute atomic E-state index is 0.111. The van der Waals surface area contributed by atoms with Crippen LogP contribution in [0.1, 0.15) is 39.5 Å². The van der Waals surface area contributed by atoms with Crippen LogP contribution in [0.3, 0.4) is 0 Å². The zero-order valence-electron chi connectivity index (χ0n) is 12.2. The Kier molecular flexibility index (Phi) is 6.57. The molecule has 0 aromatic carbocycles. The highest BCUT2D eigenvalue weighted by atomic mass is 16.5. The summed E-state index contributed by atoms with van der Waals surface area (Å²) in [4.78, 5) is 0. The summed E-state index contributed by atoms with van der Waals surface area (Å²) in [6.07, 6.45) is 4.51. The van der Waals surface area contributed by atoms with E-state index < -0.39 is 0 Å². The number of nitrogens with two attached hydrogens (primary N) is 1. The Hall–Kier alpha value is -0.160. The lowest BCUT2D eigenvalue weighted by Gasteiger charge is -2.42. The monoisotopic (exact) mass is 259 g/mol. The van der Waals surface area contributed by atoms with Crippen LogP contribution in [0, 0.1) is 5.41 Å². The lowest BCUT2D eigenvalue weighted by Crippen LogP contribution is -2.46. The van der Waals surface area contributed by atoms with Crippen LogP contribution < -0.4 is 5.73 Å². The van der Waals surface area contributed by atoms with Gasteiger partial charge >= 0.3 is 0 Å². The molecular weight excluding hydrogens is 230 g/mol. The predicted molar refractivity (Wildman–Crippen MR) is 72.7 cm³/mol. The van der Waals surface area contributed by atoms with E-state index in [1.165, 1.54) is 12.8 Å². The van der Waals surface area contributed by atoms with Crippen molar-refractivity contribution in [2.75, 3.05) is 40.1 Å². The Bertz CT molecular complexity index is 221. The van der Waals surface area contributed by atoms with Gasteiger partial charge < -0.3 is 19.9 Å². The number of rotatable bonds is 8. The van der Waals surface area contributed by atoms with Crippen LogP contribution in [0.25, 0.3) is 0 Å². The molecule has 108 valence electrons. The van der Waals surface area contributed by atoms with Gasteiger partial charge in [0.15, 0.2) is 0 Å². The molecule has 1 aliphatic rings. The molecule has 1 saturated carbocycles. The van der Waals surface area contributed by atoms with E-state index in [-0.39, 0.29) is 5.60 Å². The number of methoxy groups -OCH3 is 1. The van der Waals surface area contributed by atoms with Crippen molar-refractivity contribution in [1.29, 1.82) is 0 Å². The summed E-state index contributed by atoms with van der Waals surface area (Å²) in [5, 5.41) is 0. The normalized spacial score (nSPS) is 22.0. The Labute approximate surface area is 111 Å². The highest BCUT2D eigenvalue weighted by Crippen LogP contribution is 2.41. The third kappa shape index (κ3) is 5.22. The molecule has 0 spiro atoms. The van der Waals surface area contributed by atoms with E-state index in [2.05, 4.69) is 13.8 Å². The Morgan fingerprint density at radius 1 is 0.944 bits per heavy atom. The van der Waals surface area contributed by atoms with Crippen LogP contribution in [0.5, 0.6) is 0 Å². The summed E-state index contributed by atoms with van der Waals surface area (Å²) >= 11 is 0. The Morgan fingerprint density at radius 2 is 1.56 bits per heavy atom. The second kappa shape index (κ2) is 7.43. The minimum Gasteiger partial charge on any atom is -0.382 e. The molecule has 0 saturated heterocycles. The van der Waals surface area contributed by atoms with Crippen LogP contribution in [0.2, 0.25) is 0 Å². The van der Waals surface area contributed by atoms with Gasteiger partial charge in [-0.05, 0) is 31.1 Å². The smallest absolute Gasteiger partial charge is 0.0805 e. The minimum atomic E-state index is -0.111. The molecule has 1 rings (SSSR count). The van der Waals surface area contributed by atoms with E-state index in [1.807, 2.05) is 0 Å². The van der Waals surface area contributed by atoms with Gasteiger partial charge in [0.25, 0.3) is 0 Å². The molecule has 0 amide bonds. The number of hydrogen-bond acceptors (Lipinski definition) is 4. The molecule has 0 radical (unpaired) electrons. The first-order chi connectivity index (χ1) is 8.54. The van der Waals surface area contributed by atoms with Crippen LogP contribution in [-0.4, -0.2) is 45.7 Å². The topological polar surface area (TPSA) is 53.7 Å². The summed E-state index contributed by atoms with van der Waals surface area (Å²) in [5.41, 5.74) is 6.23. The highest BCUT2D eigenvalue weighted by Gasteiger charge is 2.37. The molecule has 0 unspecified atom stereocenters. The third-order valence-corrected chi connectivity index (χ3v) is 3.95. The van der Waals surface area contributed by atoms with E-state index in [0.717, 1.165) is 12.8 Å². The Morgan fingerprint density at radius 3 is 2.11 bits per heavy atom. The average molecular weight is 259 g/mol. The van der Waals surface area contributed by atoms with Gasteiger partial charge in [-0.1, -0.05) is 13.8 Å². The van der Waals surface area contributed by atoms with Crippen molar-refractivity contribution >= 4 is 0 Å². The fraction of sp³-hybridized carbons (Fsp3) is 1.00. The molecule has 0 aromatic rings. The van der Waals surface area contributed by atoms with E-state index >= 15 is 0 Å². The van der Waals surface area contributed by atoms with E-state index in [1.54, 1.807) is 7.11 Å². The lowest BCUT2D eigenvalue weighted by atomic mass is 9.71. The molecule has 0 heterocycles. The summed E-state index contributed by atoms with van der Waals surface area (Å²) < 4.78 is 16.3. The first kappa shape index (κ1) is 15.9. The van der Waals surface area contributed by atoms with Gasteiger partial charge in [0.1, 0.15) is 0 Å². The zero-order valence-corrected chi connectivity index (χ0v) is 12.2. The van der Waals surface area contributed by atoms with Crippen molar-refractivity contribution < 1.29 is 14.2 Å². The van der Waals surface area contributed by atoms with E-state index in [0.29, 0.717) is 38.4 Å². The summed E-state index contributed by atoms with van der Waals surface area (Å²) in [5.74, 6) is 0. The van der Waals surface area contributed by atoms with Gasteiger partial charge in [0.05, 0.1) is 32.0 Å². The maximum absolute atomic E-state index is 6.00. The maximum atomic E-state index is 6.00. The first-order valence-electron chi connectivity index (χ1n) is 6.94. The molecule has 1 aliphatic carbocycles. The predicted octanol–water partition coefficient (Wildman–Crippen LogP) is 1.96. The van der Waals surface area contributed by atoms with Crippen molar-refractivity contribution in [2.45, 2.75) is 45.1 Å². The van der Waals surface area contributed by atoms with Gasteiger partial charge in [-0.15, -0.1) is 0 Å². The summed E-state index contributed by atoms with van der Waals surface area (Å²) in [6, 6.07) is 0. The Balaban J connectivity index is 2.21. The zero-order chi connectivity index (χ0) is 13.5. The third-order valence-electron chi connectivity index (χ3n) is 3.95. The standard InChI is InChI=1S/C14H29NO3/c1-13(2)4-6-14(12-15,7-5-13)18-11-10-17-9-8-16-3/h4-12,15H2,1-3H3. The number of hydrogen-bond donors (Lipinski definition) is 1. The van der Waals surface area contributed by atoms with Crippen molar-refractivity contribution in [1.82, 2.24) is 0 Å². The summed E-state index contributed by atoms with van der Waals surface area (Å²) in [7, 11) is 1.67. The molecule has 4 nitrogen and oxygen atoms in total. The first-order valence-corrected chi connectivity index (χ1v) is 6.94. The van der Waals surface area contributed by atoms with Gasteiger partial charge in [0, 0.05) is 13.7 Å². The van der Waals surface area contributed by atoms with Crippen molar-refractivity contribution in [3.8, 4) is 0 Å². The van der Waals surface area contributed by atoms with Gasteiger partial charge in [-0.25, -0.2) is 0 Å². The summed E-state index contributed by atoms with van der Waals surface area (Å²) in [6.45, 7) is 7.76. The van der Waals surface area contributed by atoms with Crippen LogP contribution in [-0.2, 0) is 14.2 Å². The molecule has 4 heteroatoms. The van der Waals surface area contributed by atoms with Gasteiger partial charge in [-0.3, -0.25) is 0 Å². The SMILES string of the molecule is COCCOCCOC1(CN)CCC(C)(C)CC1. The maximum Gasteiger partial charge on any atom is 0.0805 e. The van der Waals surface area contributed by atoms with Crippen molar-refractivity contribution in [2.24, 2.45) is 11.1 Å².